The van der Waals surface area contributed by atoms with Crippen molar-refractivity contribution in [3.8, 4) is 0 Å². The van der Waals surface area contributed by atoms with Crippen LogP contribution in [0.3, 0.4) is 0 Å². The van der Waals surface area contributed by atoms with Crippen LogP contribution in [0.1, 0.15) is 31.1 Å². The minimum Gasteiger partial charge on any atom is -0.472 e. The van der Waals surface area contributed by atoms with Crippen molar-refractivity contribution < 1.29 is 32.7 Å². The quantitative estimate of drug-likeness (QED) is 0.689. The van der Waals surface area contributed by atoms with Crippen LogP contribution in [-0.4, -0.2) is 74.0 Å². The molecule has 188 valence electrons. The van der Waals surface area contributed by atoms with Gasteiger partial charge in [-0.25, -0.2) is 14.0 Å². The van der Waals surface area contributed by atoms with E-state index in [2.05, 4.69) is 5.32 Å². The normalized spacial score (nSPS) is 18.5. The fourth-order valence-electron chi connectivity index (χ4n) is 3.92. The largest absolute Gasteiger partial charge is 0.472 e. The monoisotopic (exact) mass is 488 g/mol. The number of hydrogen-bond acceptors (Lipinski definition) is 7. The van der Waals surface area contributed by atoms with Crippen molar-refractivity contribution >= 4 is 29.5 Å². The fraction of sp³-hybridized carbons (Fsp3) is 0.458. The summed E-state index contributed by atoms with van der Waals surface area (Å²) in [5.41, 5.74) is 0.564. The molecule has 0 bridgehead atoms. The van der Waals surface area contributed by atoms with E-state index in [1.165, 1.54) is 29.6 Å². The third-order valence-electron chi connectivity index (χ3n) is 5.66. The summed E-state index contributed by atoms with van der Waals surface area (Å²) in [6, 6.07) is 6.11. The third kappa shape index (κ3) is 5.84. The zero-order valence-electron chi connectivity index (χ0n) is 20.0. The second-order valence-corrected chi connectivity index (χ2v) is 9.43. The molecule has 0 radical (unpaired) electrons. The van der Waals surface area contributed by atoms with E-state index >= 15 is 4.39 Å². The molecule has 0 aliphatic carbocycles. The molecule has 10 nitrogen and oxygen atoms in total. The summed E-state index contributed by atoms with van der Waals surface area (Å²) >= 11 is 0. The van der Waals surface area contributed by atoms with Gasteiger partial charge >= 0.3 is 12.2 Å². The van der Waals surface area contributed by atoms with Crippen LogP contribution in [0.2, 0.25) is 0 Å². The summed E-state index contributed by atoms with van der Waals surface area (Å²) < 4.78 is 30.6. The van der Waals surface area contributed by atoms with Crippen LogP contribution >= 0.6 is 0 Å². The number of carbonyl (C=O) groups is 3. The second-order valence-electron chi connectivity index (χ2n) is 9.43. The highest BCUT2D eigenvalue weighted by atomic mass is 19.1. The predicted octanol–water partition coefficient (Wildman–Crippen LogP) is 3.23. The molecule has 2 aliphatic heterocycles. The van der Waals surface area contributed by atoms with Gasteiger partial charge in [0.25, 0.3) is 5.91 Å². The maximum absolute atomic E-state index is 15.0. The average molecular weight is 489 g/mol. The average Bonchev–Trinajstić information content (AvgIpc) is 3.46. The van der Waals surface area contributed by atoms with E-state index in [0.29, 0.717) is 43.1 Å². The molecule has 2 saturated heterocycles. The zero-order valence-corrected chi connectivity index (χ0v) is 20.0. The Morgan fingerprint density at radius 1 is 1.17 bits per heavy atom. The first kappa shape index (κ1) is 24.4. The summed E-state index contributed by atoms with van der Waals surface area (Å²) in [4.78, 5) is 41.4. The molecule has 11 heteroatoms. The van der Waals surface area contributed by atoms with Crippen LogP contribution in [0.15, 0.2) is 41.2 Å². The third-order valence-corrected chi connectivity index (χ3v) is 5.66. The topological polar surface area (TPSA) is 105 Å². The smallest absolute Gasteiger partial charge is 0.414 e. The highest BCUT2D eigenvalue weighted by molar-refractivity contribution is 5.94. The van der Waals surface area contributed by atoms with Gasteiger partial charge in [0, 0.05) is 26.2 Å². The van der Waals surface area contributed by atoms with Crippen LogP contribution in [0.25, 0.3) is 0 Å². The Morgan fingerprint density at radius 2 is 1.91 bits per heavy atom. The molecule has 0 saturated carbocycles. The molecular weight excluding hydrogens is 459 g/mol. The molecule has 2 aliphatic rings. The summed E-state index contributed by atoms with van der Waals surface area (Å²) in [5, 5.41) is 2.69. The maximum Gasteiger partial charge on any atom is 0.414 e. The molecule has 1 aromatic carbocycles. The van der Waals surface area contributed by atoms with Gasteiger partial charge in [0.1, 0.15) is 23.8 Å². The number of halogens is 1. The van der Waals surface area contributed by atoms with Crippen LogP contribution < -0.4 is 15.1 Å². The van der Waals surface area contributed by atoms with Crippen molar-refractivity contribution in [1.82, 2.24) is 10.2 Å². The summed E-state index contributed by atoms with van der Waals surface area (Å²) in [6.07, 6.45) is 1.17. The van der Waals surface area contributed by atoms with Crippen molar-refractivity contribution in [2.45, 2.75) is 32.5 Å². The molecule has 1 aromatic heterocycles. The first-order valence-corrected chi connectivity index (χ1v) is 11.4. The number of furan rings is 1. The standard InChI is InChI=1S/C24H29FN4O6/c1-24(2,3)35-22(31)28-9-7-27(8-10-28)20-5-4-17(12-19(20)25)29-14-18(34-23(29)32)13-26-21(30)16-6-11-33-15-16/h4-6,11-12,15,18H,7-10,13-14H2,1-3H3,(H,26,30)/t18-/m0/s1. The second kappa shape index (κ2) is 9.85. The molecule has 2 fully saturated rings. The number of nitrogens with zero attached hydrogens (tertiary/aromatic N) is 3. The molecule has 0 unspecified atom stereocenters. The van der Waals surface area contributed by atoms with Crippen molar-refractivity contribution in [1.29, 1.82) is 0 Å². The predicted molar refractivity (Wildman–Crippen MR) is 125 cm³/mol. The fourth-order valence-corrected chi connectivity index (χ4v) is 3.92. The highest BCUT2D eigenvalue weighted by Crippen LogP contribution is 2.28. The van der Waals surface area contributed by atoms with Gasteiger partial charge < -0.3 is 29.0 Å². The number of cyclic esters (lactones) is 1. The number of amides is 3. The highest BCUT2D eigenvalue weighted by Gasteiger charge is 2.33. The molecule has 1 N–H and O–H groups in total. The maximum atomic E-state index is 15.0. The Hall–Kier alpha value is -3.76. The Labute approximate surface area is 202 Å². The van der Waals surface area contributed by atoms with E-state index in [4.69, 9.17) is 13.9 Å². The number of rotatable bonds is 5. The van der Waals surface area contributed by atoms with Crippen LogP contribution in [0.5, 0.6) is 0 Å². The van der Waals surface area contributed by atoms with E-state index in [0.717, 1.165) is 0 Å². The number of ether oxygens (including phenoxy) is 2. The van der Waals surface area contributed by atoms with Gasteiger partial charge in [-0.15, -0.1) is 0 Å². The molecule has 2 aromatic rings. The summed E-state index contributed by atoms with van der Waals surface area (Å²) in [5.74, 6) is -0.812. The number of carbonyl (C=O) groups excluding carboxylic acids is 3. The van der Waals surface area contributed by atoms with Gasteiger partial charge in [-0.1, -0.05) is 0 Å². The Bertz CT molecular complexity index is 1080. The van der Waals surface area contributed by atoms with Crippen LogP contribution in [0.4, 0.5) is 25.4 Å². The van der Waals surface area contributed by atoms with Gasteiger partial charge in [-0.05, 0) is 45.0 Å². The number of anilines is 2. The molecule has 35 heavy (non-hydrogen) atoms. The van der Waals surface area contributed by atoms with Gasteiger partial charge in [-0.3, -0.25) is 9.69 Å². The van der Waals surface area contributed by atoms with Gasteiger partial charge in [-0.2, -0.15) is 0 Å². The summed E-state index contributed by atoms with van der Waals surface area (Å²) in [6.45, 7) is 7.49. The Balaban J connectivity index is 1.32. The lowest BCUT2D eigenvalue weighted by Gasteiger charge is -2.37. The first-order valence-electron chi connectivity index (χ1n) is 11.4. The molecule has 3 heterocycles. The minimum absolute atomic E-state index is 0.120. The van der Waals surface area contributed by atoms with Crippen LogP contribution in [-0.2, 0) is 9.47 Å². The molecule has 1 atom stereocenters. The van der Waals surface area contributed by atoms with Gasteiger partial charge in [0.15, 0.2) is 0 Å². The lowest BCUT2D eigenvalue weighted by atomic mass is 10.2. The molecule has 3 amide bonds. The van der Waals surface area contributed by atoms with E-state index in [1.54, 1.807) is 17.0 Å². The van der Waals surface area contributed by atoms with E-state index < -0.39 is 23.6 Å². The van der Waals surface area contributed by atoms with Gasteiger partial charge in [0.05, 0.1) is 36.3 Å². The lowest BCUT2D eigenvalue weighted by molar-refractivity contribution is 0.0240. The van der Waals surface area contributed by atoms with Crippen molar-refractivity contribution in [3.05, 3.63) is 48.2 Å². The Kier molecular flexibility index (Phi) is 6.86. The number of piperazine rings is 1. The number of hydrogen-bond donors (Lipinski definition) is 1. The zero-order chi connectivity index (χ0) is 25.2. The summed E-state index contributed by atoms with van der Waals surface area (Å²) in [7, 11) is 0. The van der Waals surface area contributed by atoms with Crippen molar-refractivity contribution in [2.75, 3.05) is 49.1 Å². The number of nitrogens with one attached hydrogen (secondary N) is 1. The minimum atomic E-state index is -0.606. The molecule has 0 spiro atoms. The molecule has 4 rings (SSSR count). The van der Waals surface area contributed by atoms with Crippen molar-refractivity contribution in [3.63, 3.8) is 0 Å². The first-order chi connectivity index (χ1) is 16.6. The van der Waals surface area contributed by atoms with Crippen LogP contribution in [0, 0.1) is 5.82 Å². The van der Waals surface area contributed by atoms with E-state index in [9.17, 15) is 14.4 Å². The molecular formula is C24H29FN4O6. The lowest BCUT2D eigenvalue weighted by Crippen LogP contribution is -2.50. The SMILES string of the molecule is CC(C)(C)OC(=O)N1CCN(c2ccc(N3C[C@H](CNC(=O)c4ccoc4)OC3=O)cc2F)CC1. The Morgan fingerprint density at radius 3 is 2.54 bits per heavy atom. The van der Waals surface area contributed by atoms with E-state index in [-0.39, 0.29) is 25.1 Å². The number of benzene rings is 1. The van der Waals surface area contributed by atoms with E-state index in [1.807, 2.05) is 25.7 Å². The van der Waals surface area contributed by atoms with Crippen molar-refractivity contribution in [2.24, 2.45) is 0 Å². The van der Waals surface area contributed by atoms with Gasteiger partial charge in [0.2, 0.25) is 0 Å².